The lowest BCUT2D eigenvalue weighted by Crippen LogP contribution is -2.13. The molecule has 5 heteroatoms. The first-order chi connectivity index (χ1) is 11.6. The third-order valence-corrected chi connectivity index (χ3v) is 4.51. The summed E-state index contributed by atoms with van der Waals surface area (Å²) in [6, 6.07) is 4.32. The normalized spacial score (nSPS) is 10.4. The van der Waals surface area contributed by atoms with Gasteiger partial charge in [-0.05, 0) is 43.9 Å². The number of hydrogen-bond acceptors (Lipinski definition) is 4. The lowest BCUT2D eigenvalue weighted by Gasteiger charge is -2.17. The number of ether oxygens (including phenoxy) is 3. The van der Waals surface area contributed by atoms with Crippen LogP contribution in [0.15, 0.2) is 24.8 Å². The van der Waals surface area contributed by atoms with Crippen LogP contribution < -0.4 is 14.7 Å². The molecule has 0 saturated heterocycles. The number of carbonyl (C=O) groups is 1. The highest BCUT2D eigenvalue weighted by molar-refractivity contribution is 6.34. The van der Waals surface area contributed by atoms with Crippen molar-refractivity contribution in [1.82, 2.24) is 0 Å². The highest BCUT2D eigenvalue weighted by Crippen LogP contribution is 2.30. The van der Waals surface area contributed by atoms with Crippen LogP contribution in [0.2, 0.25) is 0 Å². The Kier molecular flexibility index (Phi) is 9.92. The highest BCUT2D eigenvalue weighted by atomic mass is 28.1. The van der Waals surface area contributed by atoms with Gasteiger partial charge in [0, 0.05) is 16.3 Å². The van der Waals surface area contributed by atoms with E-state index in [9.17, 15) is 4.79 Å². The van der Waals surface area contributed by atoms with Crippen LogP contribution in [0.3, 0.4) is 0 Å². The second-order valence-electron chi connectivity index (χ2n) is 5.60. The second kappa shape index (κ2) is 11.7. The van der Waals surface area contributed by atoms with Gasteiger partial charge in [0.15, 0.2) is 11.5 Å². The Morgan fingerprint density at radius 3 is 2.42 bits per heavy atom. The summed E-state index contributed by atoms with van der Waals surface area (Å²) in [5.41, 5.74) is 1.22. The molecule has 0 aliphatic heterocycles. The quantitative estimate of drug-likeness (QED) is 0.251. The largest absolute Gasteiger partial charge is 0.490 e. The van der Waals surface area contributed by atoms with E-state index in [1.165, 1.54) is 16.8 Å². The van der Waals surface area contributed by atoms with Gasteiger partial charge in [0.25, 0.3) is 0 Å². The molecular weight excluding hydrogens is 320 g/mol. The van der Waals surface area contributed by atoms with Crippen LogP contribution in [-0.4, -0.2) is 36.0 Å². The minimum Gasteiger partial charge on any atom is -0.490 e. The van der Waals surface area contributed by atoms with E-state index < -0.39 is 0 Å². The van der Waals surface area contributed by atoms with Crippen LogP contribution in [-0.2, 0) is 16.0 Å². The third-order valence-electron chi connectivity index (χ3n) is 3.72. The predicted molar refractivity (Wildman–Crippen MR) is 102 cm³/mol. The van der Waals surface area contributed by atoms with Crippen LogP contribution >= 0.6 is 0 Å². The molecule has 0 spiro atoms. The smallest absolute Gasteiger partial charge is 0.330 e. The van der Waals surface area contributed by atoms with Crippen molar-refractivity contribution in [3.05, 3.63) is 30.4 Å². The molecule has 0 fully saturated rings. The standard InChI is InChI=1S/C19H30O4Si/c1-4-17(20)23-14-10-8-7-9-11-15-12-13-16(24)19(22-6-3)18(15)21-5-2/h4,12-13H,1,5-11,14H2,2-3,24H3. The molecule has 0 aliphatic rings. The fraction of sp³-hybridized carbons (Fsp3) is 0.526. The highest BCUT2D eigenvalue weighted by Gasteiger charge is 2.13. The first kappa shape index (κ1) is 20.3. The molecule has 0 radical (unpaired) electrons. The monoisotopic (exact) mass is 350 g/mol. The molecule has 0 aromatic heterocycles. The molecule has 0 N–H and O–H groups in total. The SMILES string of the molecule is C=CC(=O)OCCCCCCc1ccc([SiH3])c(OCC)c1OCC. The Morgan fingerprint density at radius 1 is 1.08 bits per heavy atom. The summed E-state index contributed by atoms with van der Waals surface area (Å²) in [7, 11) is 0.945. The van der Waals surface area contributed by atoms with E-state index in [1.54, 1.807) is 0 Å². The molecule has 0 amide bonds. The van der Waals surface area contributed by atoms with E-state index in [4.69, 9.17) is 14.2 Å². The summed E-state index contributed by atoms with van der Waals surface area (Å²) >= 11 is 0. The molecule has 0 aliphatic carbocycles. The molecule has 0 atom stereocenters. The van der Waals surface area contributed by atoms with Crippen LogP contribution in [0.1, 0.15) is 45.1 Å². The van der Waals surface area contributed by atoms with E-state index in [2.05, 4.69) is 18.7 Å². The lowest BCUT2D eigenvalue weighted by molar-refractivity contribution is -0.137. The van der Waals surface area contributed by atoms with Crippen molar-refractivity contribution in [3.63, 3.8) is 0 Å². The number of benzene rings is 1. The molecule has 1 rings (SSSR count). The topological polar surface area (TPSA) is 44.8 Å². The van der Waals surface area contributed by atoms with Gasteiger partial charge in [-0.3, -0.25) is 0 Å². The minimum atomic E-state index is -0.344. The number of aryl methyl sites for hydroxylation is 1. The van der Waals surface area contributed by atoms with E-state index in [0.29, 0.717) is 19.8 Å². The number of unbranched alkanes of at least 4 members (excludes halogenated alkanes) is 3. The Morgan fingerprint density at radius 2 is 1.75 bits per heavy atom. The van der Waals surface area contributed by atoms with E-state index >= 15 is 0 Å². The maximum absolute atomic E-state index is 10.9. The van der Waals surface area contributed by atoms with Crippen LogP contribution in [0.5, 0.6) is 11.5 Å². The number of esters is 1. The van der Waals surface area contributed by atoms with Gasteiger partial charge < -0.3 is 14.2 Å². The number of carbonyl (C=O) groups excluding carboxylic acids is 1. The van der Waals surface area contributed by atoms with Gasteiger partial charge in [-0.15, -0.1) is 0 Å². The van der Waals surface area contributed by atoms with Crippen molar-refractivity contribution in [2.45, 2.75) is 46.0 Å². The number of rotatable bonds is 12. The summed E-state index contributed by atoms with van der Waals surface area (Å²) < 4.78 is 16.6. The molecule has 4 nitrogen and oxygen atoms in total. The van der Waals surface area contributed by atoms with E-state index in [1.807, 2.05) is 13.8 Å². The zero-order valence-electron chi connectivity index (χ0n) is 15.2. The van der Waals surface area contributed by atoms with Gasteiger partial charge in [0.2, 0.25) is 0 Å². The van der Waals surface area contributed by atoms with Crippen molar-refractivity contribution in [3.8, 4) is 11.5 Å². The van der Waals surface area contributed by atoms with Gasteiger partial charge in [-0.1, -0.05) is 31.6 Å². The zero-order chi connectivity index (χ0) is 17.8. The van der Waals surface area contributed by atoms with Gasteiger partial charge in [-0.2, -0.15) is 0 Å². The maximum Gasteiger partial charge on any atom is 0.330 e. The Labute approximate surface area is 148 Å². The van der Waals surface area contributed by atoms with Crippen molar-refractivity contribution in [2.24, 2.45) is 0 Å². The zero-order valence-corrected chi connectivity index (χ0v) is 17.2. The van der Waals surface area contributed by atoms with E-state index in [0.717, 1.165) is 53.8 Å². The first-order valence-electron chi connectivity index (χ1n) is 8.81. The van der Waals surface area contributed by atoms with Gasteiger partial charge in [-0.25, -0.2) is 4.79 Å². The molecule has 1 aromatic rings. The fourth-order valence-electron chi connectivity index (χ4n) is 2.53. The molecule has 0 saturated carbocycles. The lowest BCUT2D eigenvalue weighted by atomic mass is 10.0. The summed E-state index contributed by atoms with van der Waals surface area (Å²) in [5.74, 6) is 1.51. The van der Waals surface area contributed by atoms with Crippen molar-refractivity contribution >= 4 is 21.4 Å². The molecular formula is C19H30O4Si. The first-order valence-corrected chi connectivity index (χ1v) is 9.81. The van der Waals surface area contributed by atoms with Gasteiger partial charge in [0.1, 0.15) is 0 Å². The third kappa shape index (κ3) is 6.79. The van der Waals surface area contributed by atoms with Crippen molar-refractivity contribution < 1.29 is 19.0 Å². The summed E-state index contributed by atoms with van der Waals surface area (Å²) in [4.78, 5) is 10.9. The molecule has 0 unspecified atom stereocenters. The fourth-order valence-corrected chi connectivity index (χ4v) is 3.07. The second-order valence-corrected chi connectivity index (χ2v) is 6.68. The summed E-state index contributed by atoms with van der Waals surface area (Å²) in [5, 5.41) is 1.24. The molecule has 1 aromatic carbocycles. The Balaban J connectivity index is 2.48. The predicted octanol–water partition coefficient (Wildman–Crippen LogP) is 2.31. The van der Waals surface area contributed by atoms with Crippen molar-refractivity contribution in [1.29, 1.82) is 0 Å². The molecule has 24 heavy (non-hydrogen) atoms. The maximum atomic E-state index is 10.9. The van der Waals surface area contributed by atoms with Gasteiger partial charge in [0.05, 0.1) is 19.8 Å². The Hall–Kier alpha value is -1.75. The van der Waals surface area contributed by atoms with E-state index in [-0.39, 0.29) is 5.97 Å². The molecule has 0 bridgehead atoms. The average Bonchev–Trinajstić information content (AvgIpc) is 2.58. The van der Waals surface area contributed by atoms with Gasteiger partial charge >= 0.3 is 5.97 Å². The van der Waals surface area contributed by atoms with Crippen LogP contribution in [0.25, 0.3) is 0 Å². The molecule has 134 valence electrons. The van der Waals surface area contributed by atoms with Crippen LogP contribution in [0.4, 0.5) is 0 Å². The molecule has 0 heterocycles. The van der Waals surface area contributed by atoms with Crippen LogP contribution in [0, 0.1) is 0 Å². The number of hydrogen-bond donors (Lipinski definition) is 0. The summed E-state index contributed by atoms with van der Waals surface area (Å²) in [6.07, 6.45) is 6.30. The van der Waals surface area contributed by atoms with Crippen molar-refractivity contribution in [2.75, 3.05) is 19.8 Å². The minimum absolute atomic E-state index is 0.344. The Bertz CT molecular complexity index is 528. The average molecular weight is 351 g/mol. The summed E-state index contributed by atoms with van der Waals surface area (Å²) in [6.45, 7) is 9.16.